The standard InChI is InChI=1S/C20H26N.CHF3O3S/c1-19(2)18-6-4-3-5-17(18)13-21(19)20-10-14-7-15(11-20)9-16(8-14)12-20;2-1(3,4)8(5,6)7/h3-6,13-16H,7-12H2,1-2H3;(H,5,6,7)/q+1;/p-1. The van der Waals surface area contributed by atoms with Crippen LogP contribution in [0.15, 0.2) is 24.3 Å². The monoisotopic (exact) mass is 429 g/mol. The summed E-state index contributed by atoms with van der Waals surface area (Å²) >= 11 is 0. The van der Waals surface area contributed by atoms with E-state index in [1.165, 1.54) is 49.7 Å². The molecule has 4 saturated carbocycles. The van der Waals surface area contributed by atoms with E-state index in [1.54, 1.807) is 0 Å². The van der Waals surface area contributed by atoms with E-state index in [4.69, 9.17) is 13.0 Å². The van der Waals surface area contributed by atoms with Crippen molar-refractivity contribution in [2.45, 2.75) is 69.0 Å². The Morgan fingerprint density at radius 2 is 1.45 bits per heavy atom. The van der Waals surface area contributed by atoms with Gasteiger partial charge in [-0.1, -0.05) is 18.2 Å². The minimum Gasteiger partial charge on any atom is -0.741 e. The minimum atomic E-state index is -6.09. The second-order valence-corrected chi connectivity index (χ2v) is 11.1. The molecule has 0 aromatic heterocycles. The Hall–Kier alpha value is -1.41. The molecule has 1 heterocycles. The molecular weight excluding hydrogens is 403 g/mol. The molecule has 0 saturated heterocycles. The van der Waals surface area contributed by atoms with Crippen molar-refractivity contribution < 1.29 is 30.7 Å². The van der Waals surface area contributed by atoms with Gasteiger partial charge >= 0.3 is 5.51 Å². The maximum absolute atomic E-state index is 10.7. The highest BCUT2D eigenvalue weighted by Gasteiger charge is 2.61. The van der Waals surface area contributed by atoms with Crippen LogP contribution in [-0.2, 0) is 15.7 Å². The van der Waals surface area contributed by atoms with Gasteiger partial charge in [0.1, 0.15) is 0 Å². The molecule has 0 radical (unpaired) electrons. The van der Waals surface area contributed by atoms with Gasteiger partial charge in [0.25, 0.3) is 0 Å². The second-order valence-electron chi connectivity index (χ2n) is 9.69. The molecule has 5 aliphatic rings. The first-order valence-corrected chi connectivity index (χ1v) is 11.5. The van der Waals surface area contributed by atoms with Crippen LogP contribution in [-0.4, -0.2) is 34.8 Å². The molecule has 0 N–H and O–H groups in total. The second kappa shape index (κ2) is 6.54. The lowest BCUT2D eigenvalue weighted by Crippen LogP contribution is -2.59. The van der Waals surface area contributed by atoms with Crippen LogP contribution in [0.1, 0.15) is 63.5 Å². The molecule has 4 nitrogen and oxygen atoms in total. The molecule has 8 heteroatoms. The Balaban J connectivity index is 0.000000221. The molecule has 0 atom stereocenters. The van der Waals surface area contributed by atoms with Crippen molar-refractivity contribution in [1.82, 2.24) is 0 Å². The van der Waals surface area contributed by atoms with Crippen LogP contribution in [0.3, 0.4) is 0 Å². The molecule has 4 aliphatic carbocycles. The number of rotatable bonds is 1. The molecule has 0 spiro atoms. The van der Waals surface area contributed by atoms with Crippen LogP contribution in [0.2, 0.25) is 0 Å². The number of fused-ring (bicyclic) bond motifs is 1. The highest BCUT2D eigenvalue weighted by atomic mass is 32.2. The van der Waals surface area contributed by atoms with Gasteiger partial charge in [-0.05, 0) is 43.1 Å². The van der Waals surface area contributed by atoms with E-state index < -0.39 is 15.6 Å². The molecule has 6 rings (SSSR count). The fourth-order valence-corrected chi connectivity index (χ4v) is 6.69. The fourth-order valence-electron chi connectivity index (χ4n) is 6.69. The zero-order valence-corrected chi connectivity index (χ0v) is 17.4. The van der Waals surface area contributed by atoms with Crippen molar-refractivity contribution in [2.24, 2.45) is 17.8 Å². The quantitative estimate of drug-likeness (QED) is 0.378. The minimum absolute atomic E-state index is 0.169. The van der Waals surface area contributed by atoms with Crippen molar-refractivity contribution in [1.29, 1.82) is 0 Å². The molecular formula is C21H26F3NO3S. The molecule has 1 aliphatic heterocycles. The molecule has 160 valence electrons. The number of alkyl halides is 3. The fraction of sp³-hybridized carbons (Fsp3) is 0.667. The number of halogens is 3. The molecule has 0 amide bonds. The Labute approximate surface area is 169 Å². The maximum Gasteiger partial charge on any atom is 0.485 e. The molecule has 4 bridgehead atoms. The first kappa shape index (κ1) is 20.8. The Morgan fingerprint density at radius 1 is 1.00 bits per heavy atom. The van der Waals surface area contributed by atoms with E-state index in [1.807, 2.05) is 0 Å². The summed E-state index contributed by atoms with van der Waals surface area (Å²) in [6.07, 6.45) is 11.4. The molecule has 1 aromatic carbocycles. The Kier molecular flexibility index (Phi) is 4.70. The van der Waals surface area contributed by atoms with Gasteiger partial charge in [0, 0.05) is 44.2 Å². The number of benzene rings is 1. The third kappa shape index (κ3) is 3.52. The van der Waals surface area contributed by atoms with Gasteiger partial charge < -0.3 is 4.55 Å². The molecule has 4 fully saturated rings. The largest absolute Gasteiger partial charge is 0.741 e. The summed E-state index contributed by atoms with van der Waals surface area (Å²) in [5, 5.41) is 0. The van der Waals surface area contributed by atoms with Crippen molar-refractivity contribution >= 4 is 16.3 Å². The summed E-state index contributed by atoms with van der Waals surface area (Å²) in [7, 11) is -6.09. The van der Waals surface area contributed by atoms with Crippen LogP contribution in [0.25, 0.3) is 0 Å². The number of hydrogen-bond acceptors (Lipinski definition) is 3. The smallest absolute Gasteiger partial charge is 0.485 e. The Bertz CT molecular complexity index is 915. The average molecular weight is 430 g/mol. The molecule has 0 unspecified atom stereocenters. The molecule has 1 aromatic rings. The van der Waals surface area contributed by atoms with Crippen LogP contribution in [0.4, 0.5) is 13.2 Å². The summed E-state index contributed by atoms with van der Waals surface area (Å²) in [5.41, 5.74) is -2.02. The normalized spacial score (nSPS) is 34.3. The SMILES string of the molecule is CC1(C)c2ccccc2C=[N+]1C12CC3CC(CC(C3)C1)C2.O=S(=O)([O-])C(F)(F)F. The lowest BCUT2D eigenvalue weighted by atomic mass is 9.52. The maximum atomic E-state index is 10.7. The van der Waals surface area contributed by atoms with E-state index in [0.29, 0.717) is 5.54 Å². The van der Waals surface area contributed by atoms with Crippen molar-refractivity contribution in [3.63, 3.8) is 0 Å². The van der Waals surface area contributed by atoms with Crippen molar-refractivity contribution in [3.8, 4) is 0 Å². The van der Waals surface area contributed by atoms with Gasteiger partial charge in [-0.3, -0.25) is 0 Å². The van der Waals surface area contributed by atoms with Crippen LogP contribution < -0.4 is 0 Å². The van der Waals surface area contributed by atoms with Crippen molar-refractivity contribution in [2.75, 3.05) is 0 Å². The number of nitrogens with zero attached hydrogens (tertiary/aromatic N) is 1. The number of hydrogen-bond donors (Lipinski definition) is 0. The first-order valence-electron chi connectivity index (χ1n) is 10.1. The van der Waals surface area contributed by atoms with E-state index >= 15 is 0 Å². The van der Waals surface area contributed by atoms with E-state index in [2.05, 4.69) is 48.9 Å². The predicted molar refractivity (Wildman–Crippen MR) is 102 cm³/mol. The van der Waals surface area contributed by atoms with Gasteiger partial charge in [0.15, 0.2) is 27.4 Å². The van der Waals surface area contributed by atoms with Gasteiger partial charge in [0.05, 0.1) is 0 Å². The topological polar surface area (TPSA) is 60.2 Å². The summed E-state index contributed by atoms with van der Waals surface area (Å²) in [6.45, 7) is 4.88. The third-order valence-corrected chi connectivity index (χ3v) is 7.86. The highest BCUT2D eigenvalue weighted by Crippen LogP contribution is 2.59. The van der Waals surface area contributed by atoms with Gasteiger partial charge in [0.2, 0.25) is 0 Å². The zero-order chi connectivity index (χ0) is 21.2. The van der Waals surface area contributed by atoms with Gasteiger partial charge in [-0.15, -0.1) is 0 Å². The van der Waals surface area contributed by atoms with Crippen molar-refractivity contribution in [3.05, 3.63) is 35.4 Å². The summed E-state index contributed by atoms with van der Waals surface area (Å²) < 4.78 is 61.7. The van der Waals surface area contributed by atoms with E-state index in [-0.39, 0.29) is 5.54 Å². The summed E-state index contributed by atoms with van der Waals surface area (Å²) in [6, 6.07) is 9.04. The lowest BCUT2D eigenvalue weighted by molar-refractivity contribution is -0.684. The summed E-state index contributed by atoms with van der Waals surface area (Å²) in [5.74, 6) is 3.05. The van der Waals surface area contributed by atoms with Crippen LogP contribution in [0.5, 0.6) is 0 Å². The van der Waals surface area contributed by atoms with Gasteiger partial charge in [-0.2, -0.15) is 13.2 Å². The average Bonchev–Trinajstić information content (AvgIpc) is 2.85. The lowest BCUT2D eigenvalue weighted by Gasteiger charge is -2.55. The van der Waals surface area contributed by atoms with Gasteiger partial charge in [-0.25, -0.2) is 13.0 Å². The Morgan fingerprint density at radius 3 is 1.86 bits per heavy atom. The first-order chi connectivity index (χ1) is 13.3. The predicted octanol–water partition coefficient (Wildman–Crippen LogP) is 4.39. The highest BCUT2D eigenvalue weighted by molar-refractivity contribution is 7.86. The molecule has 29 heavy (non-hydrogen) atoms. The van der Waals surface area contributed by atoms with E-state index in [0.717, 1.165) is 17.8 Å². The van der Waals surface area contributed by atoms with E-state index in [9.17, 15) is 13.2 Å². The van der Waals surface area contributed by atoms with Crippen LogP contribution >= 0.6 is 0 Å². The zero-order valence-electron chi connectivity index (χ0n) is 16.6. The third-order valence-electron chi connectivity index (χ3n) is 7.29. The summed E-state index contributed by atoms with van der Waals surface area (Å²) in [4.78, 5) is 0. The van der Waals surface area contributed by atoms with Crippen LogP contribution in [0, 0.1) is 17.8 Å².